The quantitative estimate of drug-likeness (QED) is 0.595. The molecule has 1 heterocycles. The molecular formula is C20H21ClN4O4S. The van der Waals surface area contributed by atoms with Crippen molar-refractivity contribution in [2.75, 3.05) is 10.6 Å². The maximum Gasteiger partial charge on any atom is 0.246 e. The second-order valence-electron chi connectivity index (χ2n) is 6.76. The fourth-order valence-corrected chi connectivity index (χ4v) is 4.33. The highest BCUT2D eigenvalue weighted by Gasteiger charge is 2.30. The smallest absolute Gasteiger partial charge is 0.246 e. The van der Waals surface area contributed by atoms with Crippen molar-refractivity contribution >= 4 is 33.2 Å². The van der Waals surface area contributed by atoms with E-state index in [4.69, 9.17) is 16.1 Å². The third kappa shape index (κ3) is 4.98. The molecule has 1 aromatic heterocycles. The van der Waals surface area contributed by atoms with Crippen molar-refractivity contribution in [2.24, 2.45) is 0 Å². The van der Waals surface area contributed by atoms with Crippen LogP contribution in [0.5, 0.6) is 0 Å². The highest BCUT2D eigenvalue weighted by Crippen LogP contribution is 2.28. The standard InChI is InChI=1S/C20H21ClN4O4S/c1-13-9-10-16(21)11-17(13)25(30(3,27)28)14(2)20(26)22-12-18-23-19(24-29-18)15-7-5-4-6-8-15/h4-11,14H,12H2,1-3H3,(H,22,26). The van der Waals surface area contributed by atoms with Gasteiger partial charge in [-0.3, -0.25) is 9.10 Å². The van der Waals surface area contributed by atoms with Crippen LogP contribution < -0.4 is 9.62 Å². The number of hydrogen-bond donors (Lipinski definition) is 1. The van der Waals surface area contributed by atoms with Gasteiger partial charge < -0.3 is 9.84 Å². The molecule has 2 aromatic carbocycles. The first kappa shape index (κ1) is 21.8. The van der Waals surface area contributed by atoms with Gasteiger partial charge in [-0.25, -0.2) is 8.42 Å². The summed E-state index contributed by atoms with van der Waals surface area (Å²) < 4.78 is 31.1. The molecule has 1 N–H and O–H groups in total. The van der Waals surface area contributed by atoms with E-state index in [9.17, 15) is 13.2 Å². The zero-order valence-electron chi connectivity index (χ0n) is 16.7. The van der Waals surface area contributed by atoms with Crippen LogP contribution in [0.2, 0.25) is 5.02 Å². The van der Waals surface area contributed by atoms with E-state index in [0.717, 1.165) is 16.1 Å². The molecule has 0 radical (unpaired) electrons. The summed E-state index contributed by atoms with van der Waals surface area (Å²) in [5, 5.41) is 6.91. The first-order valence-corrected chi connectivity index (χ1v) is 11.3. The zero-order valence-corrected chi connectivity index (χ0v) is 18.2. The van der Waals surface area contributed by atoms with Crippen LogP contribution >= 0.6 is 11.6 Å². The van der Waals surface area contributed by atoms with Gasteiger partial charge in [-0.05, 0) is 31.5 Å². The highest BCUT2D eigenvalue weighted by atomic mass is 35.5. The van der Waals surface area contributed by atoms with E-state index in [1.54, 1.807) is 19.1 Å². The lowest BCUT2D eigenvalue weighted by Gasteiger charge is -2.29. The van der Waals surface area contributed by atoms with Crippen molar-refractivity contribution in [1.29, 1.82) is 0 Å². The third-order valence-electron chi connectivity index (χ3n) is 4.41. The maximum absolute atomic E-state index is 12.7. The number of hydrogen-bond acceptors (Lipinski definition) is 6. The first-order chi connectivity index (χ1) is 14.2. The summed E-state index contributed by atoms with van der Waals surface area (Å²) in [5.74, 6) is 0.0960. The van der Waals surface area contributed by atoms with Crippen LogP contribution in [0.1, 0.15) is 18.4 Å². The Balaban J connectivity index is 1.75. The van der Waals surface area contributed by atoms with Gasteiger partial charge in [0.15, 0.2) is 0 Å². The average Bonchev–Trinajstić information content (AvgIpc) is 3.17. The number of aromatic nitrogens is 2. The second-order valence-corrected chi connectivity index (χ2v) is 9.06. The van der Waals surface area contributed by atoms with E-state index in [2.05, 4.69) is 15.5 Å². The molecular weight excluding hydrogens is 428 g/mol. The number of rotatable bonds is 7. The van der Waals surface area contributed by atoms with E-state index in [1.807, 2.05) is 30.3 Å². The number of aryl methyl sites for hydroxylation is 1. The van der Waals surface area contributed by atoms with E-state index in [-0.39, 0.29) is 12.4 Å². The molecule has 0 spiro atoms. The molecule has 3 rings (SSSR count). The van der Waals surface area contributed by atoms with Gasteiger partial charge >= 0.3 is 0 Å². The molecule has 0 saturated carbocycles. The minimum atomic E-state index is -3.75. The van der Waals surface area contributed by atoms with Crippen molar-refractivity contribution in [3.8, 4) is 11.4 Å². The van der Waals surface area contributed by atoms with Crippen molar-refractivity contribution in [3.63, 3.8) is 0 Å². The van der Waals surface area contributed by atoms with Crippen LogP contribution in [-0.2, 0) is 21.4 Å². The molecule has 8 nitrogen and oxygen atoms in total. The van der Waals surface area contributed by atoms with Crippen molar-refractivity contribution in [3.05, 3.63) is 65.0 Å². The Hall–Kier alpha value is -2.91. The molecule has 1 atom stereocenters. The number of carbonyl (C=O) groups is 1. The predicted octanol–water partition coefficient (Wildman–Crippen LogP) is 3.17. The maximum atomic E-state index is 12.7. The number of anilines is 1. The zero-order chi connectivity index (χ0) is 21.9. The first-order valence-electron chi connectivity index (χ1n) is 9.08. The number of amides is 1. The Morgan fingerprint density at radius 3 is 2.60 bits per heavy atom. The molecule has 10 heteroatoms. The monoisotopic (exact) mass is 448 g/mol. The summed E-state index contributed by atoms with van der Waals surface area (Å²) in [4.78, 5) is 17.0. The number of nitrogens with one attached hydrogen (secondary N) is 1. The number of nitrogens with zero attached hydrogens (tertiary/aromatic N) is 3. The molecule has 0 bridgehead atoms. The van der Waals surface area contributed by atoms with Crippen molar-refractivity contribution in [2.45, 2.75) is 26.4 Å². The van der Waals surface area contributed by atoms with E-state index in [0.29, 0.717) is 22.1 Å². The molecule has 158 valence electrons. The largest absolute Gasteiger partial charge is 0.345 e. The van der Waals surface area contributed by atoms with Crippen LogP contribution in [0.25, 0.3) is 11.4 Å². The molecule has 0 aliphatic rings. The van der Waals surface area contributed by atoms with Gasteiger partial charge in [0.05, 0.1) is 18.5 Å². The molecule has 3 aromatic rings. The number of carbonyl (C=O) groups excluding carboxylic acids is 1. The molecule has 0 aliphatic carbocycles. The Bertz CT molecular complexity index is 1150. The minimum absolute atomic E-state index is 0.0326. The van der Waals surface area contributed by atoms with E-state index in [1.165, 1.54) is 13.0 Å². The lowest BCUT2D eigenvalue weighted by Crippen LogP contribution is -2.48. The van der Waals surface area contributed by atoms with Gasteiger partial charge in [0.25, 0.3) is 0 Å². The second kappa shape index (κ2) is 8.85. The molecule has 0 aliphatic heterocycles. The highest BCUT2D eigenvalue weighted by molar-refractivity contribution is 7.92. The van der Waals surface area contributed by atoms with Gasteiger partial charge in [0.2, 0.25) is 27.6 Å². The van der Waals surface area contributed by atoms with Gasteiger partial charge in [0.1, 0.15) is 6.04 Å². The topological polar surface area (TPSA) is 105 Å². The van der Waals surface area contributed by atoms with Gasteiger partial charge in [-0.1, -0.05) is 53.2 Å². The van der Waals surface area contributed by atoms with Gasteiger partial charge in [-0.15, -0.1) is 0 Å². The summed E-state index contributed by atoms with van der Waals surface area (Å²) in [5.41, 5.74) is 1.80. The van der Waals surface area contributed by atoms with Gasteiger partial charge in [-0.2, -0.15) is 4.98 Å². The van der Waals surface area contributed by atoms with Crippen LogP contribution in [0, 0.1) is 6.92 Å². The summed E-state index contributed by atoms with van der Waals surface area (Å²) in [6.45, 7) is 3.22. The van der Waals surface area contributed by atoms with Crippen molar-refractivity contribution in [1.82, 2.24) is 15.5 Å². The SMILES string of the molecule is Cc1ccc(Cl)cc1N(C(C)C(=O)NCc1nc(-c2ccccc2)no1)S(C)(=O)=O. The average molecular weight is 449 g/mol. The minimum Gasteiger partial charge on any atom is -0.345 e. The lowest BCUT2D eigenvalue weighted by molar-refractivity contribution is -0.122. The Morgan fingerprint density at radius 2 is 1.93 bits per heavy atom. The van der Waals surface area contributed by atoms with E-state index < -0.39 is 22.0 Å². The fourth-order valence-electron chi connectivity index (χ4n) is 2.94. The Morgan fingerprint density at radius 1 is 1.23 bits per heavy atom. The van der Waals surface area contributed by atoms with Crippen LogP contribution in [0.15, 0.2) is 53.1 Å². The summed E-state index contributed by atoms with van der Waals surface area (Å²) in [6, 6.07) is 13.1. The van der Waals surface area contributed by atoms with E-state index >= 15 is 0 Å². The third-order valence-corrected chi connectivity index (χ3v) is 5.87. The number of sulfonamides is 1. The molecule has 1 amide bonds. The van der Waals surface area contributed by atoms with Crippen LogP contribution in [0.3, 0.4) is 0 Å². The molecule has 30 heavy (non-hydrogen) atoms. The summed E-state index contributed by atoms with van der Waals surface area (Å²) in [7, 11) is -3.75. The van der Waals surface area contributed by atoms with Crippen molar-refractivity contribution < 1.29 is 17.7 Å². The van der Waals surface area contributed by atoms with Gasteiger partial charge in [0, 0.05) is 10.6 Å². The Kier molecular flexibility index (Phi) is 6.42. The molecule has 0 saturated heterocycles. The summed E-state index contributed by atoms with van der Waals surface area (Å²) in [6.07, 6.45) is 1.04. The number of halogens is 1. The summed E-state index contributed by atoms with van der Waals surface area (Å²) >= 11 is 6.04. The normalized spacial score (nSPS) is 12.4. The van der Waals surface area contributed by atoms with Crippen LogP contribution in [0.4, 0.5) is 5.69 Å². The fraction of sp³-hybridized carbons (Fsp3) is 0.250. The number of benzene rings is 2. The Labute approximate surface area is 179 Å². The lowest BCUT2D eigenvalue weighted by atomic mass is 10.2. The predicted molar refractivity (Wildman–Crippen MR) is 115 cm³/mol. The van der Waals surface area contributed by atoms with Crippen LogP contribution in [-0.4, -0.2) is 36.8 Å². The molecule has 1 unspecified atom stereocenters. The molecule has 0 fully saturated rings.